The normalized spacial score (nSPS) is 16.8. The second-order valence-corrected chi connectivity index (χ2v) is 4.15. The quantitative estimate of drug-likeness (QED) is 0.594. The zero-order chi connectivity index (χ0) is 13.0. The van der Waals surface area contributed by atoms with Gasteiger partial charge in [-0.25, -0.2) is 9.37 Å². The Labute approximate surface area is 104 Å². The number of nitro groups is 1. The zero-order valence-corrected chi connectivity index (χ0v) is 9.96. The largest absolute Gasteiger partial charge is 0.354 e. The third-order valence-corrected chi connectivity index (χ3v) is 3.04. The van der Waals surface area contributed by atoms with Gasteiger partial charge >= 0.3 is 0 Å². The maximum atomic E-state index is 12.2. The van der Waals surface area contributed by atoms with E-state index < -0.39 is 4.92 Å². The Hall–Kier alpha value is -1.76. The first kappa shape index (κ1) is 12.7. The van der Waals surface area contributed by atoms with Crippen LogP contribution in [0.15, 0.2) is 18.3 Å². The molecular formula is C11H15FN4O2. The Balaban J connectivity index is 1.95. The highest BCUT2D eigenvalue weighted by molar-refractivity contribution is 5.43. The van der Waals surface area contributed by atoms with E-state index in [-0.39, 0.29) is 12.4 Å². The van der Waals surface area contributed by atoms with Crippen LogP contribution in [0.2, 0.25) is 0 Å². The maximum absolute atomic E-state index is 12.2. The molecule has 1 saturated heterocycles. The smallest absolute Gasteiger partial charge is 0.287 e. The minimum absolute atomic E-state index is 0.00480. The van der Waals surface area contributed by atoms with Crippen molar-refractivity contribution in [2.45, 2.75) is 0 Å². The summed E-state index contributed by atoms with van der Waals surface area (Å²) in [5.74, 6) is 0.737. The molecule has 1 aromatic heterocycles. The van der Waals surface area contributed by atoms with Crippen molar-refractivity contribution < 1.29 is 9.31 Å². The number of hydrogen-bond acceptors (Lipinski definition) is 5. The van der Waals surface area contributed by atoms with Crippen LogP contribution >= 0.6 is 0 Å². The van der Waals surface area contributed by atoms with Crippen molar-refractivity contribution in [3.05, 3.63) is 28.4 Å². The van der Waals surface area contributed by atoms with E-state index >= 15 is 0 Å². The summed E-state index contributed by atoms with van der Waals surface area (Å²) >= 11 is 0. The molecule has 2 rings (SSSR count). The van der Waals surface area contributed by atoms with E-state index in [4.69, 9.17) is 0 Å². The fraction of sp³-hybridized carbons (Fsp3) is 0.545. The number of aromatic nitrogens is 1. The van der Waals surface area contributed by atoms with Gasteiger partial charge in [-0.15, -0.1) is 0 Å². The minimum Gasteiger partial charge on any atom is -0.354 e. The lowest BCUT2D eigenvalue weighted by atomic mass is 10.3. The topological polar surface area (TPSA) is 62.5 Å². The number of anilines is 1. The van der Waals surface area contributed by atoms with Gasteiger partial charge in [-0.2, -0.15) is 0 Å². The van der Waals surface area contributed by atoms with Crippen molar-refractivity contribution >= 4 is 11.5 Å². The van der Waals surface area contributed by atoms with E-state index in [1.54, 1.807) is 6.07 Å². The molecule has 1 aromatic rings. The number of rotatable bonds is 4. The molecule has 1 fully saturated rings. The summed E-state index contributed by atoms with van der Waals surface area (Å²) in [7, 11) is 0. The lowest BCUT2D eigenvalue weighted by molar-refractivity contribution is -0.385. The van der Waals surface area contributed by atoms with Crippen LogP contribution < -0.4 is 4.90 Å². The van der Waals surface area contributed by atoms with E-state index in [1.807, 2.05) is 0 Å². The number of halogens is 1. The van der Waals surface area contributed by atoms with E-state index in [2.05, 4.69) is 14.8 Å². The number of hydrogen-bond donors (Lipinski definition) is 0. The van der Waals surface area contributed by atoms with Crippen LogP contribution in [0.3, 0.4) is 0 Å². The van der Waals surface area contributed by atoms with Crippen molar-refractivity contribution in [2.24, 2.45) is 0 Å². The van der Waals surface area contributed by atoms with E-state index in [0.29, 0.717) is 6.54 Å². The summed E-state index contributed by atoms with van der Waals surface area (Å²) in [4.78, 5) is 18.2. The summed E-state index contributed by atoms with van der Waals surface area (Å²) in [6.45, 7) is 3.28. The molecule has 0 N–H and O–H groups in total. The van der Waals surface area contributed by atoms with Gasteiger partial charge in [0.25, 0.3) is 5.69 Å². The molecule has 18 heavy (non-hydrogen) atoms. The third-order valence-electron chi connectivity index (χ3n) is 3.04. The molecule has 1 aliphatic heterocycles. The molecule has 7 heteroatoms. The lowest BCUT2D eigenvalue weighted by Crippen LogP contribution is -2.47. The molecule has 6 nitrogen and oxygen atoms in total. The van der Waals surface area contributed by atoms with Crippen molar-refractivity contribution in [3.8, 4) is 0 Å². The Bertz CT molecular complexity index is 404. The van der Waals surface area contributed by atoms with Crippen LogP contribution in [0.5, 0.6) is 0 Å². The Morgan fingerprint density at radius 3 is 2.56 bits per heavy atom. The summed E-state index contributed by atoms with van der Waals surface area (Å²) < 4.78 is 12.2. The molecule has 0 radical (unpaired) electrons. The van der Waals surface area contributed by atoms with Gasteiger partial charge in [0.1, 0.15) is 18.7 Å². The maximum Gasteiger partial charge on any atom is 0.287 e. The van der Waals surface area contributed by atoms with Crippen LogP contribution in [0.1, 0.15) is 0 Å². The second-order valence-electron chi connectivity index (χ2n) is 4.15. The number of nitrogens with zero attached hydrogens (tertiary/aromatic N) is 4. The number of piperazine rings is 1. The van der Waals surface area contributed by atoms with Gasteiger partial charge < -0.3 is 4.90 Å². The Morgan fingerprint density at radius 1 is 1.33 bits per heavy atom. The van der Waals surface area contributed by atoms with Crippen LogP contribution in [0.4, 0.5) is 15.9 Å². The molecule has 98 valence electrons. The average Bonchev–Trinajstić information content (AvgIpc) is 2.40. The first-order valence-electron chi connectivity index (χ1n) is 5.84. The van der Waals surface area contributed by atoms with E-state index in [9.17, 15) is 14.5 Å². The lowest BCUT2D eigenvalue weighted by Gasteiger charge is -2.34. The number of pyridine rings is 1. The molecule has 2 heterocycles. The average molecular weight is 254 g/mol. The monoisotopic (exact) mass is 254 g/mol. The first-order valence-corrected chi connectivity index (χ1v) is 5.84. The first-order chi connectivity index (χ1) is 8.70. The molecular weight excluding hydrogens is 239 g/mol. The van der Waals surface area contributed by atoms with Crippen molar-refractivity contribution in [1.82, 2.24) is 9.88 Å². The van der Waals surface area contributed by atoms with Gasteiger partial charge in [0.2, 0.25) is 0 Å². The fourth-order valence-electron chi connectivity index (χ4n) is 1.99. The van der Waals surface area contributed by atoms with E-state index in [0.717, 1.165) is 32.0 Å². The predicted octanol–water partition coefficient (Wildman–Crippen LogP) is 1.08. The minimum atomic E-state index is -0.462. The molecule has 0 saturated carbocycles. The van der Waals surface area contributed by atoms with Gasteiger partial charge in [-0.1, -0.05) is 0 Å². The Kier molecular flexibility index (Phi) is 4.03. The van der Waals surface area contributed by atoms with Crippen molar-refractivity contribution in [1.29, 1.82) is 0 Å². The summed E-state index contributed by atoms with van der Waals surface area (Å²) in [5.41, 5.74) is -0.00480. The van der Waals surface area contributed by atoms with Crippen LogP contribution in [0, 0.1) is 10.1 Å². The van der Waals surface area contributed by atoms with Gasteiger partial charge in [0.05, 0.1) is 4.92 Å². The molecule has 0 aliphatic carbocycles. The summed E-state index contributed by atoms with van der Waals surface area (Å²) in [6, 6.07) is 3.11. The molecule has 0 aromatic carbocycles. The van der Waals surface area contributed by atoms with Gasteiger partial charge in [-0.3, -0.25) is 15.0 Å². The van der Waals surface area contributed by atoms with Gasteiger partial charge in [0.15, 0.2) is 0 Å². The summed E-state index contributed by atoms with van der Waals surface area (Å²) in [6.07, 6.45) is 1.27. The SMILES string of the molecule is O=[N+]([O-])c1ccc(N2CCN(CCF)CC2)nc1. The molecule has 0 atom stereocenters. The molecule has 0 unspecified atom stereocenters. The van der Waals surface area contributed by atoms with Crippen LogP contribution in [0.25, 0.3) is 0 Å². The number of alkyl halides is 1. The molecule has 0 bridgehead atoms. The molecule has 0 amide bonds. The van der Waals surface area contributed by atoms with Gasteiger partial charge in [-0.05, 0) is 6.07 Å². The standard InChI is InChI=1S/C11H15FN4O2/c12-3-4-14-5-7-15(8-6-14)11-2-1-10(9-13-11)16(17)18/h1-2,9H,3-8H2. The molecule has 1 aliphatic rings. The summed E-state index contributed by atoms with van der Waals surface area (Å²) in [5, 5.41) is 10.5. The predicted molar refractivity (Wildman–Crippen MR) is 65.5 cm³/mol. The van der Waals surface area contributed by atoms with Crippen LogP contribution in [-0.2, 0) is 0 Å². The fourth-order valence-corrected chi connectivity index (χ4v) is 1.99. The third kappa shape index (κ3) is 2.92. The van der Waals surface area contributed by atoms with Crippen molar-refractivity contribution in [3.63, 3.8) is 0 Å². The second kappa shape index (κ2) is 5.72. The highest BCUT2D eigenvalue weighted by Gasteiger charge is 2.18. The zero-order valence-electron chi connectivity index (χ0n) is 9.96. The Morgan fingerprint density at radius 2 is 2.06 bits per heavy atom. The molecule has 0 spiro atoms. The van der Waals surface area contributed by atoms with Gasteiger partial charge in [0, 0.05) is 38.8 Å². The highest BCUT2D eigenvalue weighted by atomic mass is 19.1. The van der Waals surface area contributed by atoms with Crippen molar-refractivity contribution in [2.75, 3.05) is 44.3 Å². The van der Waals surface area contributed by atoms with Crippen LogP contribution in [-0.4, -0.2) is 54.2 Å². The highest BCUT2D eigenvalue weighted by Crippen LogP contribution is 2.17. The van der Waals surface area contributed by atoms with E-state index in [1.165, 1.54) is 12.3 Å².